The van der Waals surface area contributed by atoms with Crippen molar-refractivity contribution >= 4 is 132 Å². The standard InChI is InChI=1S/C21H21F2N5O5S.C19H17F2N5O3S.C17H17F2N5O2S.C4H5ClO3.CH4/c1-10-4-5-14-20(25-8-13-6-16(23)17(7-15(13)22)34(24,31)32)19(11(2)27-21(14)26-10)28-18(30)9-33-12(3)29;1-9-3-4-12-18-17(10(2)24-19(12)23-9)25-16(8-27)26(18)7-11-5-14(21)15(6-13(11)20)30(22,28)29;1-8-3-4-11-16(15(20)9(2)24-17(11)23-8)22-7-10-5-13(19)14(6-12(10)18)27(21,25)26;1-3(6)8-2-4(5)7;/h4-7H,8-9H2,1-3H3,(H,28,30)(H2,24,31,32)(H,25,26,27);3-6,27H,7-8H2,1-2H3,(H2,22,28,29);3-6H,7,20H2,1-2H3,(H2,21,25,26)(H,22,23,24);2H2,1H3;1H4. The Labute approximate surface area is 572 Å². The molecule has 532 valence electrons. The number of benzene rings is 3. The Bertz CT molecular complexity index is 5260. The van der Waals surface area contributed by atoms with E-state index in [1.807, 2.05) is 13.8 Å². The second kappa shape index (κ2) is 32.2. The van der Waals surface area contributed by atoms with E-state index in [1.165, 1.54) is 11.5 Å². The van der Waals surface area contributed by atoms with Gasteiger partial charge < -0.3 is 40.8 Å². The number of pyridine rings is 6. The number of halogens is 7. The lowest BCUT2D eigenvalue weighted by Crippen LogP contribution is -2.22. The van der Waals surface area contributed by atoms with Crippen LogP contribution in [0.3, 0.4) is 0 Å². The molecule has 0 bridgehead atoms. The molecule has 38 heteroatoms. The first-order valence-corrected chi connectivity index (χ1v) is 33.5. The quantitative estimate of drug-likeness (QED) is 0.0246. The van der Waals surface area contributed by atoms with E-state index in [0.717, 1.165) is 36.5 Å². The number of nitrogen functional groups attached to an aromatic ring is 1. The minimum atomic E-state index is -4.45. The van der Waals surface area contributed by atoms with Crippen molar-refractivity contribution in [2.24, 2.45) is 15.4 Å². The van der Waals surface area contributed by atoms with Crippen LogP contribution < -0.4 is 37.1 Å². The third-order valence-corrected chi connectivity index (χ3v) is 16.9. The zero-order valence-corrected chi connectivity index (χ0v) is 56.5. The molecular formula is C62H64ClF6N15O13S3. The number of aliphatic hydroxyl groups excluding tert-OH is 1. The topological polar surface area (TPSA) is 445 Å². The lowest BCUT2D eigenvalue weighted by atomic mass is 10.1. The molecule has 28 nitrogen and oxygen atoms in total. The number of carbonyl (C=O) groups excluding carboxylic acids is 4. The Morgan fingerprint density at radius 3 is 1.34 bits per heavy atom. The summed E-state index contributed by atoms with van der Waals surface area (Å²) in [5, 5.41) is 34.1. The van der Waals surface area contributed by atoms with E-state index in [1.54, 1.807) is 64.1 Å². The van der Waals surface area contributed by atoms with Crippen LogP contribution in [0.2, 0.25) is 0 Å². The van der Waals surface area contributed by atoms with Crippen LogP contribution in [0.5, 0.6) is 0 Å². The second-order valence-corrected chi connectivity index (χ2v) is 26.5. The van der Waals surface area contributed by atoms with Crippen molar-refractivity contribution in [3.63, 3.8) is 0 Å². The molecule has 7 aromatic heterocycles. The van der Waals surface area contributed by atoms with E-state index in [9.17, 15) is 75.9 Å². The fraction of sp³-hybridized carbons (Fsp3) is 0.242. The van der Waals surface area contributed by atoms with Crippen molar-refractivity contribution in [3.8, 4) is 0 Å². The Balaban J connectivity index is 0.000000224. The van der Waals surface area contributed by atoms with Gasteiger partial charge in [0.1, 0.15) is 67.5 Å². The molecule has 0 aliphatic carbocycles. The van der Waals surface area contributed by atoms with Crippen LogP contribution in [0.25, 0.3) is 44.1 Å². The Morgan fingerprint density at radius 2 is 0.910 bits per heavy atom. The van der Waals surface area contributed by atoms with Crippen molar-refractivity contribution in [1.82, 2.24) is 39.5 Å². The Morgan fingerprint density at radius 1 is 0.520 bits per heavy atom. The van der Waals surface area contributed by atoms with Crippen LogP contribution in [0.15, 0.2) is 87.5 Å². The maximum absolute atomic E-state index is 14.6. The number of nitrogens with zero attached hydrogens (tertiary/aromatic N) is 8. The summed E-state index contributed by atoms with van der Waals surface area (Å²) < 4.78 is 165. The average Bonchev–Trinajstić information content (AvgIpc) is 1.55. The van der Waals surface area contributed by atoms with Gasteiger partial charge in [0.15, 0.2) is 30.2 Å². The van der Waals surface area contributed by atoms with Crippen LogP contribution in [0.1, 0.15) is 78.0 Å². The number of imidazole rings is 1. The Kier molecular flexibility index (Phi) is 25.4. The van der Waals surface area contributed by atoms with Crippen molar-refractivity contribution in [2.45, 2.75) is 104 Å². The predicted molar refractivity (Wildman–Crippen MR) is 357 cm³/mol. The number of anilines is 4. The number of primary sulfonamides is 3. The number of amides is 1. The molecule has 0 aliphatic rings. The molecule has 7 heterocycles. The molecule has 10 aromatic rings. The van der Waals surface area contributed by atoms with Gasteiger partial charge in [-0.2, -0.15) is 0 Å². The molecule has 0 spiro atoms. The normalized spacial score (nSPS) is 11.3. The fourth-order valence-corrected chi connectivity index (χ4v) is 11.2. The van der Waals surface area contributed by atoms with E-state index in [4.69, 9.17) is 37.5 Å². The number of carbonyl (C=O) groups is 4. The number of fused-ring (bicyclic) bond motifs is 5. The summed E-state index contributed by atoms with van der Waals surface area (Å²) in [6.07, 6.45) is 0. The molecule has 0 aliphatic heterocycles. The summed E-state index contributed by atoms with van der Waals surface area (Å²) in [6.45, 7) is 10.9. The number of ether oxygens (including phenoxy) is 2. The lowest BCUT2D eigenvalue weighted by Gasteiger charge is -2.18. The minimum Gasteiger partial charge on any atom is -0.456 e. The maximum atomic E-state index is 14.6. The van der Waals surface area contributed by atoms with Crippen molar-refractivity contribution in [2.75, 3.05) is 34.9 Å². The number of rotatable bonds is 17. The number of aryl methyl sites for hydroxylation is 6. The highest BCUT2D eigenvalue weighted by molar-refractivity contribution is 7.89. The molecule has 100 heavy (non-hydrogen) atoms. The number of aliphatic hydroxyl groups is 1. The molecule has 0 saturated carbocycles. The van der Waals surface area contributed by atoms with Gasteiger partial charge in [-0.3, -0.25) is 19.2 Å². The molecule has 12 N–H and O–H groups in total. The van der Waals surface area contributed by atoms with Gasteiger partial charge in [-0.05, 0) is 126 Å². The number of hydrogen-bond donors (Lipinski definition) is 8. The van der Waals surface area contributed by atoms with Gasteiger partial charge >= 0.3 is 11.9 Å². The highest BCUT2D eigenvalue weighted by Crippen LogP contribution is 2.35. The number of esters is 2. The number of hydrogen-bond acceptors (Lipinski definition) is 23. The first-order valence-electron chi connectivity index (χ1n) is 28.5. The number of aromatic nitrogens is 8. The summed E-state index contributed by atoms with van der Waals surface area (Å²) >= 11 is 4.81. The summed E-state index contributed by atoms with van der Waals surface area (Å²) in [7, 11) is -13.2. The zero-order valence-electron chi connectivity index (χ0n) is 53.3. The smallest absolute Gasteiger partial charge is 0.303 e. The van der Waals surface area contributed by atoms with Gasteiger partial charge in [0.05, 0.1) is 51.9 Å². The molecular weight excluding hydrogens is 1410 g/mol. The lowest BCUT2D eigenvalue weighted by molar-refractivity contribution is -0.145. The van der Waals surface area contributed by atoms with Gasteiger partial charge in [-0.1, -0.05) is 7.43 Å². The van der Waals surface area contributed by atoms with Crippen LogP contribution in [-0.2, 0) is 85.0 Å². The first kappa shape index (κ1) is 78.8. The molecule has 10 rings (SSSR count). The zero-order chi connectivity index (χ0) is 73.5. The molecule has 0 fully saturated rings. The van der Waals surface area contributed by atoms with Crippen molar-refractivity contribution in [3.05, 3.63) is 164 Å². The predicted octanol–water partition coefficient (Wildman–Crippen LogP) is 7.67. The van der Waals surface area contributed by atoms with E-state index in [0.29, 0.717) is 102 Å². The summed E-state index contributed by atoms with van der Waals surface area (Å²) in [4.78, 5) is 70.9. The number of nitrogens with two attached hydrogens (primary N) is 4. The van der Waals surface area contributed by atoms with Crippen LogP contribution in [-0.4, -0.2) is 106 Å². The number of sulfonamides is 3. The van der Waals surface area contributed by atoms with Gasteiger partial charge in [0.25, 0.3) is 11.1 Å². The summed E-state index contributed by atoms with van der Waals surface area (Å²) in [5.41, 5.74) is 13.1. The van der Waals surface area contributed by atoms with E-state index < -0.39 is 116 Å². The third kappa shape index (κ3) is 19.4. The molecule has 0 radical (unpaired) electrons. The molecule has 3 aromatic carbocycles. The molecule has 1 amide bonds. The van der Waals surface area contributed by atoms with Crippen LogP contribution in [0, 0.1) is 76.4 Å². The van der Waals surface area contributed by atoms with E-state index in [-0.39, 0.29) is 61.9 Å². The van der Waals surface area contributed by atoms with Gasteiger partial charge in [-0.25, -0.2) is 102 Å². The molecule has 0 unspecified atom stereocenters. The average molecular weight is 1470 g/mol. The highest BCUT2D eigenvalue weighted by atomic mass is 35.5. The molecule has 0 atom stereocenters. The maximum Gasteiger partial charge on any atom is 0.303 e. The largest absolute Gasteiger partial charge is 0.456 e. The van der Waals surface area contributed by atoms with E-state index in [2.05, 4.69) is 55.6 Å². The third-order valence-electron chi connectivity index (χ3n) is 14.0. The summed E-state index contributed by atoms with van der Waals surface area (Å²) in [6, 6.07) is 14.4. The highest BCUT2D eigenvalue weighted by Gasteiger charge is 2.25. The molecule has 0 saturated heterocycles. The minimum absolute atomic E-state index is 0. The SMILES string of the molecule is C.CC(=O)OCC(=O)Cl.CC(=O)OCC(=O)Nc1c(C)nc2nc(C)ccc2c1NCc1cc(F)c(S(N)(=O)=O)cc1F.Cc1ccc2c(NCc3cc(F)c(S(N)(=O)=O)cc3F)c(N)c(C)nc2n1.Cc1ccc2c(n1)nc(C)c1nc(CO)n(Cc3cc(F)c(S(N)(=O)=O)cc3F)c12. The monoisotopic (exact) mass is 1470 g/mol. The first-order chi connectivity index (χ1) is 46.2. The fourth-order valence-electron chi connectivity index (χ4n) is 9.38. The number of nitrogens with one attached hydrogen (secondary N) is 3. The van der Waals surface area contributed by atoms with Gasteiger partial charge in [0.2, 0.25) is 30.1 Å². The van der Waals surface area contributed by atoms with Crippen molar-refractivity contribution in [1.29, 1.82) is 0 Å². The van der Waals surface area contributed by atoms with E-state index >= 15 is 0 Å². The van der Waals surface area contributed by atoms with Gasteiger partial charge in [0, 0.05) is 76.9 Å². The van der Waals surface area contributed by atoms with Crippen molar-refractivity contribution < 1.29 is 85.4 Å². The van der Waals surface area contributed by atoms with Crippen LogP contribution >= 0.6 is 11.6 Å². The second-order valence-electron chi connectivity index (χ2n) is 21.5. The summed E-state index contributed by atoms with van der Waals surface area (Å²) in [5.74, 6) is -7.91. The Hall–Kier alpha value is -10.2. The van der Waals surface area contributed by atoms with Crippen LogP contribution in [0.4, 0.5) is 49.1 Å². The van der Waals surface area contributed by atoms with Gasteiger partial charge in [-0.15, -0.1) is 0 Å².